The van der Waals surface area contributed by atoms with Crippen LogP contribution >= 0.6 is 0 Å². The van der Waals surface area contributed by atoms with Crippen molar-refractivity contribution >= 4 is 10.8 Å². The second-order valence-corrected chi connectivity index (χ2v) is 5.67. The number of phenols is 1. The molecule has 0 aliphatic heterocycles. The number of benzene rings is 2. The van der Waals surface area contributed by atoms with Crippen molar-refractivity contribution in [3.63, 3.8) is 0 Å². The zero-order valence-electron chi connectivity index (χ0n) is 12.7. The molecular formula is C17H24N2O. The largest absolute Gasteiger partial charge is 0.507 e. The summed E-state index contributed by atoms with van der Waals surface area (Å²) in [6.07, 6.45) is 0. The zero-order chi connectivity index (χ0) is 14.7. The number of hydrogen-bond acceptors (Lipinski definition) is 3. The molecule has 20 heavy (non-hydrogen) atoms. The van der Waals surface area contributed by atoms with Crippen LogP contribution in [-0.2, 0) is 0 Å². The Morgan fingerprint density at radius 2 is 1.80 bits per heavy atom. The highest BCUT2D eigenvalue weighted by molar-refractivity contribution is 5.89. The van der Waals surface area contributed by atoms with Crippen molar-refractivity contribution in [2.75, 3.05) is 20.6 Å². The molecule has 0 spiro atoms. The fourth-order valence-corrected chi connectivity index (χ4v) is 2.26. The van der Waals surface area contributed by atoms with Crippen LogP contribution < -0.4 is 5.32 Å². The van der Waals surface area contributed by atoms with Crippen molar-refractivity contribution in [1.29, 1.82) is 0 Å². The van der Waals surface area contributed by atoms with E-state index in [1.807, 2.05) is 30.3 Å². The van der Waals surface area contributed by atoms with Gasteiger partial charge in [-0.05, 0) is 33.3 Å². The molecule has 2 aromatic carbocycles. The number of hydrogen-bond donors (Lipinski definition) is 2. The molecule has 0 aliphatic rings. The number of aromatic hydroxyl groups is 1. The van der Waals surface area contributed by atoms with E-state index in [-0.39, 0.29) is 6.04 Å². The molecule has 3 heteroatoms. The van der Waals surface area contributed by atoms with Gasteiger partial charge in [0.15, 0.2) is 0 Å². The number of nitrogens with one attached hydrogen (secondary N) is 1. The summed E-state index contributed by atoms with van der Waals surface area (Å²) in [7, 11) is 4.15. The third-order valence-corrected chi connectivity index (χ3v) is 4.00. The van der Waals surface area contributed by atoms with Crippen LogP contribution in [0.3, 0.4) is 0 Å². The Morgan fingerprint density at radius 3 is 2.50 bits per heavy atom. The zero-order valence-corrected chi connectivity index (χ0v) is 12.7. The molecule has 0 aromatic heterocycles. The van der Waals surface area contributed by atoms with Crippen LogP contribution in [0, 0.1) is 0 Å². The molecule has 0 aliphatic carbocycles. The second kappa shape index (κ2) is 6.25. The Kier molecular flexibility index (Phi) is 4.63. The number of rotatable bonds is 5. The van der Waals surface area contributed by atoms with E-state index in [0.29, 0.717) is 11.8 Å². The van der Waals surface area contributed by atoms with Gasteiger partial charge in [0.25, 0.3) is 0 Å². The first-order valence-electron chi connectivity index (χ1n) is 7.11. The summed E-state index contributed by atoms with van der Waals surface area (Å²) in [5, 5.41) is 15.9. The van der Waals surface area contributed by atoms with Crippen LogP contribution in [0.15, 0.2) is 36.4 Å². The molecule has 2 rings (SSSR count). The Bertz CT molecular complexity index is 580. The highest BCUT2D eigenvalue weighted by Crippen LogP contribution is 2.32. The Balaban J connectivity index is 2.18. The molecule has 0 amide bonds. The SMILES string of the molecule is CC(NCC(C)N(C)C)c1ccc2ccccc2c1O. The Hall–Kier alpha value is -1.58. The smallest absolute Gasteiger partial charge is 0.128 e. The molecule has 0 heterocycles. The van der Waals surface area contributed by atoms with Gasteiger partial charge in [-0.15, -0.1) is 0 Å². The van der Waals surface area contributed by atoms with Crippen LogP contribution in [0.2, 0.25) is 0 Å². The van der Waals surface area contributed by atoms with Crippen molar-refractivity contribution in [3.8, 4) is 5.75 Å². The Labute approximate surface area is 121 Å². The third kappa shape index (κ3) is 3.11. The third-order valence-electron chi connectivity index (χ3n) is 4.00. The second-order valence-electron chi connectivity index (χ2n) is 5.67. The van der Waals surface area contributed by atoms with E-state index in [9.17, 15) is 5.11 Å². The molecule has 2 aromatic rings. The predicted molar refractivity (Wildman–Crippen MR) is 85.2 cm³/mol. The van der Waals surface area contributed by atoms with Gasteiger partial charge >= 0.3 is 0 Å². The number of nitrogens with zero attached hydrogens (tertiary/aromatic N) is 1. The topological polar surface area (TPSA) is 35.5 Å². The van der Waals surface area contributed by atoms with Gasteiger partial charge in [0.05, 0.1) is 0 Å². The molecule has 0 bridgehead atoms. The minimum Gasteiger partial charge on any atom is -0.507 e. The van der Waals surface area contributed by atoms with E-state index in [1.165, 1.54) is 0 Å². The fraction of sp³-hybridized carbons (Fsp3) is 0.412. The van der Waals surface area contributed by atoms with Gasteiger partial charge in [0.2, 0.25) is 0 Å². The molecule has 0 saturated heterocycles. The maximum absolute atomic E-state index is 10.4. The molecular weight excluding hydrogens is 248 g/mol. The first kappa shape index (κ1) is 14.8. The van der Waals surface area contributed by atoms with Gasteiger partial charge in [-0.3, -0.25) is 0 Å². The average Bonchev–Trinajstić information content (AvgIpc) is 2.45. The van der Waals surface area contributed by atoms with Crippen LogP contribution in [0.5, 0.6) is 5.75 Å². The number of likely N-dealkylation sites (N-methyl/N-ethyl adjacent to an activating group) is 1. The lowest BCUT2D eigenvalue weighted by molar-refractivity contribution is 0.295. The summed E-state index contributed by atoms with van der Waals surface area (Å²) < 4.78 is 0. The highest BCUT2D eigenvalue weighted by Gasteiger charge is 2.14. The van der Waals surface area contributed by atoms with E-state index < -0.39 is 0 Å². The number of phenolic OH excluding ortho intramolecular Hbond substituents is 1. The summed E-state index contributed by atoms with van der Waals surface area (Å²) in [6.45, 7) is 5.16. The van der Waals surface area contributed by atoms with Gasteiger partial charge in [-0.2, -0.15) is 0 Å². The molecule has 2 N–H and O–H groups in total. The summed E-state index contributed by atoms with van der Waals surface area (Å²) in [4.78, 5) is 2.18. The summed E-state index contributed by atoms with van der Waals surface area (Å²) in [5.74, 6) is 0.389. The number of fused-ring (bicyclic) bond motifs is 1. The maximum Gasteiger partial charge on any atom is 0.128 e. The summed E-state index contributed by atoms with van der Waals surface area (Å²) in [6, 6.07) is 12.6. The molecule has 0 fully saturated rings. The molecule has 0 radical (unpaired) electrons. The van der Waals surface area contributed by atoms with E-state index in [4.69, 9.17) is 0 Å². The first-order valence-corrected chi connectivity index (χ1v) is 7.11. The van der Waals surface area contributed by atoms with E-state index >= 15 is 0 Å². The van der Waals surface area contributed by atoms with Gasteiger partial charge in [0, 0.05) is 29.6 Å². The molecule has 108 valence electrons. The fourth-order valence-electron chi connectivity index (χ4n) is 2.26. The molecule has 2 unspecified atom stereocenters. The van der Waals surface area contributed by atoms with Gasteiger partial charge in [0.1, 0.15) is 5.75 Å². The molecule has 3 nitrogen and oxygen atoms in total. The minimum absolute atomic E-state index is 0.127. The summed E-state index contributed by atoms with van der Waals surface area (Å²) in [5.41, 5.74) is 0.953. The first-order chi connectivity index (χ1) is 9.50. The standard InChI is InChI=1S/C17H24N2O/c1-12(19(3)4)11-18-13(2)15-10-9-14-7-5-6-8-16(14)17(15)20/h5-10,12-13,18,20H,11H2,1-4H3. The Morgan fingerprint density at radius 1 is 1.10 bits per heavy atom. The maximum atomic E-state index is 10.4. The van der Waals surface area contributed by atoms with E-state index in [1.54, 1.807) is 0 Å². The average molecular weight is 272 g/mol. The van der Waals surface area contributed by atoms with Gasteiger partial charge in [-0.1, -0.05) is 36.4 Å². The van der Waals surface area contributed by atoms with E-state index in [2.05, 4.69) is 44.2 Å². The summed E-state index contributed by atoms with van der Waals surface area (Å²) >= 11 is 0. The quantitative estimate of drug-likeness (QED) is 0.877. The predicted octanol–water partition coefficient (Wildman–Crippen LogP) is 3.15. The minimum atomic E-state index is 0.127. The lowest BCUT2D eigenvalue weighted by Gasteiger charge is -2.23. The van der Waals surface area contributed by atoms with Crippen LogP contribution in [0.25, 0.3) is 10.8 Å². The van der Waals surface area contributed by atoms with Crippen molar-refractivity contribution in [2.24, 2.45) is 0 Å². The lowest BCUT2D eigenvalue weighted by Crippen LogP contribution is -2.36. The van der Waals surface area contributed by atoms with Gasteiger partial charge < -0.3 is 15.3 Å². The van der Waals surface area contributed by atoms with Crippen molar-refractivity contribution in [1.82, 2.24) is 10.2 Å². The monoisotopic (exact) mass is 272 g/mol. The lowest BCUT2D eigenvalue weighted by atomic mass is 10.0. The van der Waals surface area contributed by atoms with Gasteiger partial charge in [-0.25, -0.2) is 0 Å². The van der Waals surface area contributed by atoms with E-state index in [0.717, 1.165) is 22.9 Å². The van der Waals surface area contributed by atoms with Crippen LogP contribution in [-0.4, -0.2) is 36.7 Å². The van der Waals surface area contributed by atoms with Crippen molar-refractivity contribution in [3.05, 3.63) is 42.0 Å². The van der Waals surface area contributed by atoms with Crippen LogP contribution in [0.4, 0.5) is 0 Å². The highest BCUT2D eigenvalue weighted by atomic mass is 16.3. The van der Waals surface area contributed by atoms with Crippen molar-refractivity contribution in [2.45, 2.75) is 25.9 Å². The normalized spacial score (nSPS) is 14.7. The molecule has 2 atom stereocenters. The van der Waals surface area contributed by atoms with Crippen molar-refractivity contribution < 1.29 is 5.11 Å². The molecule has 0 saturated carbocycles. The van der Waals surface area contributed by atoms with Crippen LogP contribution in [0.1, 0.15) is 25.5 Å².